The second-order valence-corrected chi connectivity index (χ2v) is 3.81. The Morgan fingerprint density at radius 1 is 1.58 bits per heavy atom. The quantitative estimate of drug-likeness (QED) is 0.828. The van der Waals surface area contributed by atoms with Crippen LogP contribution in [-0.2, 0) is 0 Å². The zero-order valence-corrected chi connectivity index (χ0v) is 9.01. The molecule has 1 aromatic rings. The van der Waals surface area contributed by atoms with Gasteiger partial charge in [-0.3, -0.25) is 0 Å². The highest BCUT2D eigenvalue weighted by Crippen LogP contribution is 2.23. The molecular weight excluding hydrogens is 268 g/mol. The highest BCUT2D eigenvalue weighted by molar-refractivity contribution is 14.1. The van der Waals surface area contributed by atoms with Crippen LogP contribution in [0.5, 0.6) is 0 Å². The maximum absolute atomic E-state index is 13.2. The van der Waals surface area contributed by atoms with Gasteiger partial charge in [-0.1, -0.05) is 13.0 Å². The first-order chi connectivity index (χ1) is 5.66. The third kappa shape index (κ3) is 1.95. The molecule has 66 valence electrons. The Hall–Kier alpha value is -0.160. The number of rotatable bonds is 2. The third-order valence-electron chi connectivity index (χ3n) is 1.81. The van der Waals surface area contributed by atoms with Crippen molar-refractivity contribution in [2.24, 2.45) is 5.73 Å². The van der Waals surface area contributed by atoms with Crippen LogP contribution >= 0.6 is 22.6 Å². The van der Waals surface area contributed by atoms with Gasteiger partial charge < -0.3 is 5.73 Å². The standard InChI is InChI=1S/C9H11FIN/c1-2-8(12)9-6(10)4-3-5-7(9)11/h3-5,8H,2,12H2,1H3/t8-/m0/s1. The zero-order chi connectivity index (χ0) is 9.14. The van der Waals surface area contributed by atoms with Gasteiger partial charge in [0, 0.05) is 15.2 Å². The molecule has 0 fully saturated rings. The summed E-state index contributed by atoms with van der Waals surface area (Å²) in [5.41, 5.74) is 6.39. The van der Waals surface area contributed by atoms with Gasteiger partial charge in [-0.05, 0) is 41.1 Å². The summed E-state index contributed by atoms with van der Waals surface area (Å²) in [4.78, 5) is 0. The Morgan fingerprint density at radius 2 is 2.25 bits per heavy atom. The zero-order valence-electron chi connectivity index (χ0n) is 6.85. The number of benzene rings is 1. The molecule has 0 radical (unpaired) electrons. The molecule has 0 aromatic heterocycles. The van der Waals surface area contributed by atoms with Crippen molar-refractivity contribution in [3.63, 3.8) is 0 Å². The van der Waals surface area contributed by atoms with Gasteiger partial charge in [-0.25, -0.2) is 4.39 Å². The van der Waals surface area contributed by atoms with E-state index in [1.54, 1.807) is 6.07 Å². The number of halogens is 2. The molecule has 1 rings (SSSR count). The molecule has 0 aliphatic carbocycles. The van der Waals surface area contributed by atoms with Gasteiger partial charge in [-0.2, -0.15) is 0 Å². The molecule has 2 N–H and O–H groups in total. The number of hydrogen-bond acceptors (Lipinski definition) is 1. The summed E-state index contributed by atoms with van der Waals surface area (Å²) in [5.74, 6) is -0.198. The average Bonchev–Trinajstić information content (AvgIpc) is 2.03. The van der Waals surface area contributed by atoms with E-state index in [1.165, 1.54) is 6.07 Å². The molecule has 0 saturated heterocycles. The molecule has 0 bridgehead atoms. The van der Waals surface area contributed by atoms with E-state index in [0.717, 1.165) is 9.99 Å². The summed E-state index contributed by atoms with van der Waals surface area (Å²) in [5, 5.41) is 0. The van der Waals surface area contributed by atoms with Gasteiger partial charge >= 0.3 is 0 Å². The van der Waals surface area contributed by atoms with Gasteiger partial charge in [0.1, 0.15) is 5.82 Å². The van der Waals surface area contributed by atoms with Crippen LogP contribution in [0.1, 0.15) is 24.9 Å². The lowest BCUT2D eigenvalue weighted by Gasteiger charge is -2.11. The van der Waals surface area contributed by atoms with Crippen molar-refractivity contribution in [1.82, 2.24) is 0 Å². The van der Waals surface area contributed by atoms with Gasteiger partial charge in [-0.15, -0.1) is 0 Å². The maximum Gasteiger partial charge on any atom is 0.129 e. The molecule has 0 aliphatic heterocycles. The minimum atomic E-state index is -0.198. The third-order valence-corrected chi connectivity index (χ3v) is 2.75. The lowest BCUT2D eigenvalue weighted by molar-refractivity contribution is 0.572. The molecular formula is C9H11FIN. The Balaban J connectivity index is 3.12. The minimum absolute atomic E-state index is 0.182. The predicted octanol–water partition coefficient (Wildman–Crippen LogP) is 2.84. The van der Waals surface area contributed by atoms with E-state index in [0.29, 0.717) is 5.56 Å². The van der Waals surface area contributed by atoms with E-state index in [2.05, 4.69) is 22.6 Å². The second kappa shape index (κ2) is 4.18. The fourth-order valence-corrected chi connectivity index (χ4v) is 1.93. The lowest BCUT2D eigenvalue weighted by Crippen LogP contribution is -2.12. The summed E-state index contributed by atoms with van der Waals surface area (Å²) in [7, 11) is 0. The molecule has 3 heteroatoms. The summed E-state index contributed by atoms with van der Waals surface area (Å²) in [6.07, 6.45) is 0.761. The fraction of sp³-hybridized carbons (Fsp3) is 0.333. The van der Waals surface area contributed by atoms with Crippen LogP contribution in [-0.4, -0.2) is 0 Å². The van der Waals surface area contributed by atoms with Crippen molar-refractivity contribution in [3.05, 3.63) is 33.1 Å². The Kier molecular flexibility index (Phi) is 3.46. The summed E-state index contributed by atoms with van der Waals surface area (Å²) in [6, 6.07) is 4.84. The van der Waals surface area contributed by atoms with Gasteiger partial charge in [0.05, 0.1) is 0 Å². The van der Waals surface area contributed by atoms with Crippen LogP contribution in [0.4, 0.5) is 4.39 Å². The normalized spacial score (nSPS) is 13.0. The van der Waals surface area contributed by atoms with E-state index in [4.69, 9.17) is 5.73 Å². The van der Waals surface area contributed by atoms with Gasteiger partial charge in [0.25, 0.3) is 0 Å². The van der Waals surface area contributed by atoms with Crippen molar-refractivity contribution in [3.8, 4) is 0 Å². The predicted molar refractivity (Wildman–Crippen MR) is 56.3 cm³/mol. The largest absolute Gasteiger partial charge is 0.324 e. The molecule has 0 saturated carbocycles. The highest BCUT2D eigenvalue weighted by Gasteiger charge is 2.12. The van der Waals surface area contributed by atoms with Crippen LogP contribution in [0.3, 0.4) is 0 Å². The lowest BCUT2D eigenvalue weighted by atomic mass is 10.1. The van der Waals surface area contributed by atoms with Gasteiger partial charge in [0.15, 0.2) is 0 Å². The van der Waals surface area contributed by atoms with Crippen LogP contribution in [0.2, 0.25) is 0 Å². The first-order valence-corrected chi connectivity index (χ1v) is 4.94. The second-order valence-electron chi connectivity index (χ2n) is 2.65. The molecule has 1 nitrogen and oxygen atoms in total. The first kappa shape index (κ1) is 9.92. The SMILES string of the molecule is CC[C@H](N)c1c(F)cccc1I. The molecule has 0 unspecified atom stereocenters. The molecule has 0 aliphatic rings. The Bertz CT molecular complexity index is 255. The van der Waals surface area contributed by atoms with Crippen molar-refractivity contribution in [1.29, 1.82) is 0 Å². The number of hydrogen-bond donors (Lipinski definition) is 1. The van der Waals surface area contributed by atoms with Crippen molar-refractivity contribution < 1.29 is 4.39 Å². The molecule has 0 amide bonds. The van der Waals surface area contributed by atoms with E-state index in [-0.39, 0.29) is 11.9 Å². The van der Waals surface area contributed by atoms with Crippen LogP contribution in [0.25, 0.3) is 0 Å². The molecule has 1 atom stereocenters. The first-order valence-electron chi connectivity index (χ1n) is 3.86. The van der Waals surface area contributed by atoms with E-state index in [9.17, 15) is 4.39 Å². The summed E-state index contributed by atoms with van der Waals surface area (Å²) < 4.78 is 14.1. The van der Waals surface area contributed by atoms with E-state index >= 15 is 0 Å². The summed E-state index contributed by atoms with van der Waals surface area (Å²) >= 11 is 2.10. The van der Waals surface area contributed by atoms with Crippen LogP contribution < -0.4 is 5.73 Å². The summed E-state index contributed by atoms with van der Waals surface area (Å²) in [6.45, 7) is 1.95. The van der Waals surface area contributed by atoms with Gasteiger partial charge in [0.2, 0.25) is 0 Å². The van der Waals surface area contributed by atoms with E-state index in [1.807, 2.05) is 13.0 Å². The molecule has 0 spiro atoms. The monoisotopic (exact) mass is 279 g/mol. The smallest absolute Gasteiger partial charge is 0.129 e. The van der Waals surface area contributed by atoms with Crippen molar-refractivity contribution >= 4 is 22.6 Å². The topological polar surface area (TPSA) is 26.0 Å². The average molecular weight is 279 g/mol. The number of nitrogens with two attached hydrogens (primary N) is 1. The van der Waals surface area contributed by atoms with Crippen LogP contribution in [0, 0.1) is 9.39 Å². The molecule has 0 heterocycles. The van der Waals surface area contributed by atoms with Crippen molar-refractivity contribution in [2.45, 2.75) is 19.4 Å². The fourth-order valence-electron chi connectivity index (χ4n) is 1.07. The Labute approximate surface area is 85.3 Å². The maximum atomic E-state index is 13.2. The van der Waals surface area contributed by atoms with Crippen LogP contribution in [0.15, 0.2) is 18.2 Å². The Morgan fingerprint density at radius 3 is 2.75 bits per heavy atom. The minimum Gasteiger partial charge on any atom is -0.324 e. The van der Waals surface area contributed by atoms with E-state index < -0.39 is 0 Å². The van der Waals surface area contributed by atoms with Crippen molar-refractivity contribution in [2.75, 3.05) is 0 Å². The molecule has 12 heavy (non-hydrogen) atoms. The highest BCUT2D eigenvalue weighted by atomic mass is 127. The molecule has 1 aromatic carbocycles.